The Bertz CT molecular complexity index is 481. The largest absolute Gasteiger partial charge is 0.493 e. The molecule has 114 valence electrons. The van der Waals surface area contributed by atoms with Gasteiger partial charge in [-0.05, 0) is 55.9 Å². The molecule has 2 aliphatic rings. The molecule has 0 heterocycles. The van der Waals surface area contributed by atoms with Gasteiger partial charge in [0.25, 0.3) is 5.91 Å². The van der Waals surface area contributed by atoms with Crippen molar-refractivity contribution in [1.82, 2.24) is 5.32 Å². The fraction of sp³-hybridized carbons (Fsp3) is 0.588. The van der Waals surface area contributed by atoms with Crippen molar-refractivity contribution in [2.24, 2.45) is 5.92 Å². The van der Waals surface area contributed by atoms with Gasteiger partial charge in [0.05, 0.1) is 18.8 Å². The molecule has 2 fully saturated rings. The van der Waals surface area contributed by atoms with Crippen LogP contribution in [0.5, 0.6) is 5.75 Å². The van der Waals surface area contributed by atoms with E-state index in [-0.39, 0.29) is 11.9 Å². The number of carbonyl (C=O) groups excluding carboxylic acids is 1. The standard InChI is InChI=1S/C17H23NO3/c19-16-4-2-1-3-15(16)18-17(20)13-7-9-14(10-8-13)21-11-12-5-6-12/h7-10,12,15-16,19H,1-6,11H2,(H,18,20). The summed E-state index contributed by atoms with van der Waals surface area (Å²) >= 11 is 0. The number of aliphatic hydroxyl groups excluding tert-OH is 1. The van der Waals surface area contributed by atoms with Crippen molar-refractivity contribution in [2.45, 2.75) is 50.7 Å². The normalized spacial score (nSPS) is 25.4. The van der Waals surface area contributed by atoms with E-state index in [9.17, 15) is 9.90 Å². The van der Waals surface area contributed by atoms with Gasteiger partial charge in [0.2, 0.25) is 0 Å². The molecule has 3 rings (SSSR count). The summed E-state index contributed by atoms with van der Waals surface area (Å²) in [5.74, 6) is 1.42. The summed E-state index contributed by atoms with van der Waals surface area (Å²) in [6, 6.07) is 7.14. The van der Waals surface area contributed by atoms with Crippen LogP contribution in [-0.2, 0) is 0 Å². The molecule has 1 aromatic carbocycles. The molecule has 0 aliphatic heterocycles. The fourth-order valence-corrected chi connectivity index (χ4v) is 2.73. The maximum Gasteiger partial charge on any atom is 0.251 e. The van der Waals surface area contributed by atoms with Crippen LogP contribution in [0.15, 0.2) is 24.3 Å². The van der Waals surface area contributed by atoms with Gasteiger partial charge in [-0.15, -0.1) is 0 Å². The van der Waals surface area contributed by atoms with Crippen LogP contribution >= 0.6 is 0 Å². The molecule has 4 heteroatoms. The first-order valence-corrected chi connectivity index (χ1v) is 7.94. The van der Waals surface area contributed by atoms with Crippen LogP contribution in [0.2, 0.25) is 0 Å². The number of benzene rings is 1. The van der Waals surface area contributed by atoms with Crippen LogP contribution in [0.25, 0.3) is 0 Å². The lowest BCUT2D eigenvalue weighted by molar-refractivity contribution is 0.0717. The van der Waals surface area contributed by atoms with Gasteiger partial charge in [-0.2, -0.15) is 0 Å². The summed E-state index contributed by atoms with van der Waals surface area (Å²) in [4.78, 5) is 12.2. The van der Waals surface area contributed by atoms with Gasteiger partial charge in [0, 0.05) is 5.56 Å². The second-order valence-corrected chi connectivity index (χ2v) is 6.21. The lowest BCUT2D eigenvalue weighted by atomic mass is 9.92. The fourth-order valence-electron chi connectivity index (χ4n) is 2.73. The summed E-state index contributed by atoms with van der Waals surface area (Å²) in [6.07, 6.45) is 5.86. The highest BCUT2D eigenvalue weighted by molar-refractivity contribution is 5.94. The second-order valence-electron chi connectivity index (χ2n) is 6.21. The Hall–Kier alpha value is -1.55. The van der Waals surface area contributed by atoms with E-state index in [2.05, 4.69) is 5.32 Å². The Morgan fingerprint density at radius 2 is 1.86 bits per heavy atom. The zero-order chi connectivity index (χ0) is 14.7. The molecule has 0 spiro atoms. The van der Waals surface area contributed by atoms with Gasteiger partial charge in [-0.1, -0.05) is 12.8 Å². The van der Waals surface area contributed by atoms with Crippen molar-refractivity contribution in [3.8, 4) is 5.75 Å². The predicted molar refractivity (Wildman–Crippen MR) is 80.4 cm³/mol. The molecule has 2 unspecified atom stereocenters. The summed E-state index contributed by atoms with van der Waals surface area (Å²) in [5, 5.41) is 12.8. The molecule has 1 aromatic rings. The van der Waals surface area contributed by atoms with Gasteiger partial charge in [-0.3, -0.25) is 4.79 Å². The maximum atomic E-state index is 12.2. The van der Waals surface area contributed by atoms with Crippen LogP contribution in [0.4, 0.5) is 0 Å². The van der Waals surface area contributed by atoms with Crippen LogP contribution < -0.4 is 10.1 Å². The minimum absolute atomic E-state index is 0.114. The highest BCUT2D eigenvalue weighted by Crippen LogP contribution is 2.29. The third-order valence-electron chi connectivity index (χ3n) is 4.35. The Morgan fingerprint density at radius 1 is 1.14 bits per heavy atom. The Balaban J connectivity index is 1.53. The third kappa shape index (κ3) is 3.97. The van der Waals surface area contributed by atoms with Crippen molar-refractivity contribution in [1.29, 1.82) is 0 Å². The second kappa shape index (κ2) is 6.48. The first-order chi connectivity index (χ1) is 10.2. The highest BCUT2D eigenvalue weighted by Gasteiger charge is 2.25. The zero-order valence-corrected chi connectivity index (χ0v) is 12.3. The van der Waals surface area contributed by atoms with Gasteiger partial charge < -0.3 is 15.2 Å². The lowest BCUT2D eigenvalue weighted by Crippen LogP contribution is -2.45. The summed E-state index contributed by atoms with van der Waals surface area (Å²) in [5.41, 5.74) is 0.617. The summed E-state index contributed by atoms with van der Waals surface area (Å²) in [7, 11) is 0. The number of carbonyl (C=O) groups is 1. The molecule has 2 N–H and O–H groups in total. The van der Waals surface area contributed by atoms with Crippen molar-refractivity contribution < 1.29 is 14.6 Å². The third-order valence-corrected chi connectivity index (χ3v) is 4.35. The first kappa shape index (κ1) is 14.4. The van der Waals surface area contributed by atoms with Gasteiger partial charge in [0.15, 0.2) is 0 Å². The van der Waals surface area contributed by atoms with Gasteiger partial charge >= 0.3 is 0 Å². The number of hydrogen-bond donors (Lipinski definition) is 2. The molecule has 0 aromatic heterocycles. The molecular weight excluding hydrogens is 266 g/mol. The van der Waals surface area contributed by atoms with Gasteiger partial charge in [-0.25, -0.2) is 0 Å². The Kier molecular flexibility index (Phi) is 4.44. The monoisotopic (exact) mass is 289 g/mol. The molecule has 4 nitrogen and oxygen atoms in total. The number of nitrogens with one attached hydrogen (secondary N) is 1. The van der Waals surface area contributed by atoms with Crippen LogP contribution in [0, 0.1) is 5.92 Å². The number of ether oxygens (including phenoxy) is 1. The average molecular weight is 289 g/mol. The average Bonchev–Trinajstić information content (AvgIpc) is 3.32. The Morgan fingerprint density at radius 3 is 2.52 bits per heavy atom. The van der Waals surface area contributed by atoms with Crippen molar-refractivity contribution >= 4 is 5.91 Å². The lowest BCUT2D eigenvalue weighted by Gasteiger charge is -2.28. The molecule has 0 bridgehead atoms. The molecular formula is C17H23NO3. The zero-order valence-electron chi connectivity index (χ0n) is 12.3. The predicted octanol–water partition coefficient (Wildman–Crippen LogP) is 2.51. The van der Waals surface area contributed by atoms with Crippen molar-refractivity contribution in [2.75, 3.05) is 6.61 Å². The maximum absolute atomic E-state index is 12.2. The summed E-state index contributed by atoms with van der Waals surface area (Å²) < 4.78 is 5.66. The van der Waals surface area contributed by atoms with Crippen LogP contribution in [-0.4, -0.2) is 29.8 Å². The van der Waals surface area contributed by atoms with Crippen molar-refractivity contribution in [3.63, 3.8) is 0 Å². The van der Waals surface area contributed by atoms with E-state index in [1.807, 2.05) is 12.1 Å². The van der Waals surface area contributed by atoms with E-state index in [4.69, 9.17) is 4.74 Å². The topological polar surface area (TPSA) is 58.6 Å². The van der Waals surface area contributed by atoms with Crippen LogP contribution in [0.1, 0.15) is 48.9 Å². The molecule has 2 atom stereocenters. The van der Waals surface area contributed by atoms with E-state index < -0.39 is 6.10 Å². The quantitative estimate of drug-likeness (QED) is 0.875. The number of aliphatic hydroxyl groups is 1. The minimum atomic E-state index is -0.413. The van der Waals surface area contributed by atoms with E-state index in [0.717, 1.165) is 44.0 Å². The van der Waals surface area contributed by atoms with E-state index >= 15 is 0 Å². The molecule has 2 aliphatic carbocycles. The van der Waals surface area contributed by atoms with Gasteiger partial charge in [0.1, 0.15) is 5.75 Å². The molecule has 2 saturated carbocycles. The van der Waals surface area contributed by atoms with Crippen molar-refractivity contribution in [3.05, 3.63) is 29.8 Å². The number of rotatable bonds is 5. The minimum Gasteiger partial charge on any atom is -0.493 e. The molecule has 0 radical (unpaired) electrons. The molecule has 0 saturated heterocycles. The van der Waals surface area contributed by atoms with E-state index in [0.29, 0.717) is 5.56 Å². The molecule has 21 heavy (non-hydrogen) atoms. The van der Waals surface area contributed by atoms with E-state index in [1.54, 1.807) is 12.1 Å². The number of amides is 1. The van der Waals surface area contributed by atoms with E-state index in [1.165, 1.54) is 12.8 Å². The SMILES string of the molecule is O=C(NC1CCCCC1O)c1ccc(OCC2CC2)cc1. The van der Waals surface area contributed by atoms with Crippen LogP contribution in [0.3, 0.4) is 0 Å². The smallest absolute Gasteiger partial charge is 0.251 e. The first-order valence-electron chi connectivity index (χ1n) is 7.94. The number of hydrogen-bond acceptors (Lipinski definition) is 3. The summed E-state index contributed by atoms with van der Waals surface area (Å²) in [6.45, 7) is 0.778. The molecule has 1 amide bonds. The Labute approximate surface area is 125 Å². The highest BCUT2D eigenvalue weighted by atomic mass is 16.5.